The molecule has 2 aromatic carbocycles. The van der Waals surface area contributed by atoms with Gasteiger partial charge in [0.15, 0.2) is 0 Å². The molecule has 0 bridgehead atoms. The van der Waals surface area contributed by atoms with Crippen molar-refractivity contribution in [1.82, 2.24) is 5.32 Å². The lowest BCUT2D eigenvalue weighted by molar-refractivity contribution is 0.123. The van der Waals surface area contributed by atoms with Gasteiger partial charge >= 0.3 is 6.03 Å². The summed E-state index contributed by atoms with van der Waals surface area (Å²) in [5, 5.41) is 4.93. The topological polar surface area (TPSA) is 41.6 Å². The number of anilines is 1. The zero-order valence-corrected chi connectivity index (χ0v) is 14.3. The maximum Gasteiger partial charge on any atom is 0.346 e. The van der Waals surface area contributed by atoms with Crippen molar-refractivity contribution in [1.29, 1.82) is 0 Å². The molecule has 1 N–H and O–H groups in total. The van der Waals surface area contributed by atoms with E-state index >= 15 is 0 Å². The monoisotopic (exact) mass is 332 g/mol. The van der Waals surface area contributed by atoms with Crippen LogP contribution in [-0.2, 0) is 10.4 Å². The van der Waals surface area contributed by atoms with Crippen molar-refractivity contribution in [3.05, 3.63) is 65.2 Å². The van der Waals surface area contributed by atoms with Crippen molar-refractivity contribution >= 4 is 23.3 Å². The maximum absolute atomic E-state index is 12.7. The molecule has 0 aliphatic heterocycles. The van der Waals surface area contributed by atoms with Gasteiger partial charge in [-0.1, -0.05) is 41.9 Å². The molecule has 0 atom stereocenters. The predicted molar refractivity (Wildman–Crippen MR) is 93.6 cm³/mol. The second kappa shape index (κ2) is 7.49. The Labute approximate surface area is 142 Å². The molecule has 122 valence electrons. The summed E-state index contributed by atoms with van der Waals surface area (Å²) in [6.07, 6.45) is 0. The summed E-state index contributed by atoms with van der Waals surface area (Å²) in [4.78, 5) is 18.1. The van der Waals surface area contributed by atoms with E-state index in [0.29, 0.717) is 17.3 Å². The molecule has 2 amide bonds. The van der Waals surface area contributed by atoms with Crippen molar-refractivity contribution in [2.75, 3.05) is 11.7 Å². The summed E-state index contributed by atoms with van der Waals surface area (Å²) in [5.74, 6) is 0. The quantitative estimate of drug-likeness (QED) is 0.803. The van der Waals surface area contributed by atoms with E-state index in [2.05, 4.69) is 5.32 Å². The zero-order chi connectivity index (χ0) is 16.9. The lowest BCUT2D eigenvalue weighted by atomic mass is 9.94. The number of nitrogens with one attached hydrogen (secondary N) is 1. The Kier molecular flexibility index (Phi) is 5.64. The molecule has 0 unspecified atom stereocenters. The Morgan fingerprint density at radius 2 is 1.74 bits per heavy atom. The standard InChI is InChI=1S/C18H21ClN2O2/c1-4-23-21(16-8-6-5-7-9-16)17(22)20-18(2,3)14-10-12-15(19)13-11-14/h5-13H,4H2,1-3H3,(H,20,22). The van der Waals surface area contributed by atoms with Crippen LogP contribution in [0.2, 0.25) is 5.02 Å². The molecule has 0 saturated heterocycles. The highest BCUT2D eigenvalue weighted by Crippen LogP contribution is 2.23. The molecule has 23 heavy (non-hydrogen) atoms. The summed E-state index contributed by atoms with van der Waals surface area (Å²) >= 11 is 5.92. The summed E-state index contributed by atoms with van der Waals surface area (Å²) in [6.45, 7) is 6.10. The summed E-state index contributed by atoms with van der Waals surface area (Å²) in [6, 6.07) is 16.4. The first-order chi connectivity index (χ1) is 10.9. The van der Waals surface area contributed by atoms with Gasteiger partial charge in [0.1, 0.15) is 0 Å². The van der Waals surface area contributed by atoms with Crippen LogP contribution in [0, 0.1) is 0 Å². The number of carbonyl (C=O) groups is 1. The van der Waals surface area contributed by atoms with Gasteiger partial charge in [0.2, 0.25) is 0 Å². The normalized spacial score (nSPS) is 11.1. The number of para-hydroxylation sites is 1. The first-order valence-corrected chi connectivity index (χ1v) is 7.88. The SMILES string of the molecule is CCON(C(=O)NC(C)(C)c1ccc(Cl)cc1)c1ccccc1. The number of rotatable bonds is 5. The average Bonchev–Trinajstić information content (AvgIpc) is 2.53. The molecule has 0 heterocycles. The van der Waals surface area contributed by atoms with E-state index < -0.39 is 5.54 Å². The van der Waals surface area contributed by atoms with Crippen LogP contribution >= 0.6 is 11.6 Å². The number of hydroxylamine groups is 1. The van der Waals surface area contributed by atoms with Gasteiger partial charge in [0, 0.05) is 5.02 Å². The largest absolute Gasteiger partial charge is 0.346 e. The smallest absolute Gasteiger partial charge is 0.327 e. The third kappa shape index (κ3) is 4.47. The van der Waals surface area contributed by atoms with Crippen LogP contribution in [0.15, 0.2) is 54.6 Å². The predicted octanol–water partition coefficient (Wildman–Crippen LogP) is 4.74. The number of halogens is 1. The molecule has 0 saturated carbocycles. The molecule has 2 rings (SSSR count). The first kappa shape index (κ1) is 17.3. The number of benzene rings is 2. The summed E-state index contributed by atoms with van der Waals surface area (Å²) < 4.78 is 0. The zero-order valence-electron chi connectivity index (χ0n) is 13.5. The Balaban J connectivity index is 2.19. The van der Waals surface area contributed by atoms with E-state index in [0.717, 1.165) is 5.56 Å². The van der Waals surface area contributed by atoms with Gasteiger partial charge in [-0.3, -0.25) is 4.84 Å². The van der Waals surface area contributed by atoms with Crippen molar-refractivity contribution in [2.24, 2.45) is 0 Å². The Morgan fingerprint density at radius 3 is 2.30 bits per heavy atom. The molecule has 0 aliphatic rings. The van der Waals surface area contributed by atoms with Crippen LogP contribution in [0.25, 0.3) is 0 Å². The molecular weight excluding hydrogens is 312 g/mol. The number of carbonyl (C=O) groups excluding carboxylic acids is 1. The summed E-state index contributed by atoms with van der Waals surface area (Å²) in [7, 11) is 0. The Morgan fingerprint density at radius 1 is 1.13 bits per heavy atom. The van der Waals surface area contributed by atoms with Crippen LogP contribution in [0.1, 0.15) is 26.3 Å². The first-order valence-electron chi connectivity index (χ1n) is 7.50. The van der Waals surface area contributed by atoms with E-state index in [4.69, 9.17) is 16.4 Å². The minimum Gasteiger partial charge on any atom is -0.327 e. The highest BCUT2D eigenvalue weighted by molar-refractivity contribution is 6.30. The number of nitrogens with zero attached hydrogens (tertiary/aromatic N) is 1. The van der Waals surface area contributed by atoms with Crippen molar-refractivity contribution in [3.8, 4) is 0 Å². The van der Waals surface area contributed by atoms with Crippen LogP contribution in [0.4, 0.5) is 10.5 Å². The molecule has 2 aromatic rings. The lowest BCUT2D eigenvalue weighted by Gasteiger charge is -2.30. The minimum absolute atomic E-state index is 0.321. The molecule has 0 aromatic heterocycles. The third-order valence-electron chi connectivity index (χ3n) is 3.42. The summed E-state index contributed by atoms with van der Waals surface area (Å²) in [5.41, 5.74) is 1.07. The minimum atomic E-state index is -0.564. The number of amides is 2. The highest BCUT2D eigenvalue weighted by Gasteiger charge is 2.26. The van der Waals surface area contributed by atoms with E-state index in [1.807, 2.05) is 75.4 Å². The Hall–Kier alpha value is -2.04. The lowest BCUT2D eigenvalue weighted by Crippen LogP contribution is -2.48. The van der Waals surface area contributed by atoms with Crippen LogP contribution in [0.3, 0.4) is 0 Å². The van der Waals surface area contributed by atoms with Crippen molar-refractivity contribution in [2.45, 2.75) is 26.3 Å². The Bertz CT molecular complexity index is 642. The van der Waals surface area contributed by atoms with Crippen LogP contribution in [-0.4, -0.2) is 12.6 Å². The fourth-order valence-electron chi connectivity index (χ4n) is 2.20. The van der Waals surface area contributed by atoms with Crippen LogP contribution in [0.5, 0.6) is 0 Å². The van der Waals surface area contributed by atoms with Gasteiger partial charge in [0.25, 0.3) is 0 Å². The highest BCUT2D eigenvalue weighted by atomic mass is 35.5. The molecule has 0 spiro atoms. The molecular formula is C18H21ClN2O2. The molecule has 4 nitrogen and oxygen atoms in total. The molecule has 0 fully saturated rings. The van der Waals surface area contributed by atoms with Crippen molar-refractivity contribution in [3.63, 3.8) is 0 Å². The molecule has 0 radical (unpaired) electrons. The fraction of sp³-hybridized carbons (Fsp3) is 0.278. The van der Waals surface area contributed by atoms with Crippen LogP contribution < -0.4 is 10.4 Å². The van der Waals surface area contributed by atoms with Gasteiger partial charge < -0.3 is 5.32 Å². The van der Waals surface area contributed by atoms with Crippen molar-refractivity contribution < 1.29 is 9.63 Å². The van der Waals surface area contributed by atoms with Gasteiger partial charge in [-0.2, -0.15) is 5.06 Å². The maximum atomic E-state index is 12.7. The van der Waals surface area contributed by atoms with Gasteiger partial charge in [0.05, 0.1) is 17.8 Å². The number of hydrogen-bond donors (Lipinski definition) is 1. The van der Waals surface area contributed by atoms with Gasteiger partial charge in [-0.25, -0.2) is 4.79 Å². The van der Waals surface area contributed by atoms with Gasteiger partial charge in [-0.05, 0) is 50.6 Å². The molecule has 5 heteroatoms. The third-order valence-corrected chi connectivity index (χ3v) is 3.67. The van der Waals surface area contributed by atoms with E-state index in [-0.39, 0.29) is 6.03 Å². The van der Waals surface area contributed by atoms with Gasteiger partial charge in [-0.15, -0.1) is 0 Å². The average molecular weight is 333 g/mol. The number of hydrogen-bond acceptors (Lipinski definition) is 2. The van der Waals surface area contributed by atoms with E-state index in [1.54, 1.807) is 0 Å². The second-order valence-electron chi connectivity index (χ2n) is 5.61. The fourth-order valence-corrected chi connectivity index (χ4v) is 2.33. The van der Waals surface area contributed by atoms with E-state index in [9.17, 15) is 4.79 Å². The second-order valence-corrected chi connectivity index (χ2v) is 6.05. The van der Waals surface area contributed by atoms with E-state index in [1.165, 1.54) is 5.06 Å². The number of urea groups is 1. The molecule has 0 aliphatic carbocycles.